The highest BCUT2D eigenvalue weighted by Gasteiger charge is 2.33. The summed E-state index contributed by atoms with van der Waals surface area (Å²) in [6.45, 7) is 8.18. The number of hydrogen-bond acceptors (Lipinski definition) is 4. The zero-order chi connectivity index (χ0) is 24.1. The van der Waals surface area contributed by atoms with Gasteiger partial charge in [0.2, 0.25) is 0 Å². The van der Waals surface area contributed by atoms with Crippen LogP contribution < -0.4 is 16.0 Å². The van der Waals surface area contributed by atoms with Crippen LogP contribution >= 0.6 is 12.2 Å². The number of nitrogens with zero attached hydrogens (tertiary/aromatic N) is 1. The van der Waals surface area contributed by atoms with Gasteiger partial charge in [0, 0.05) is 24.1 Å². The third kappa shape index (κ3) is 6.10. The zero-order valence-corrected chi connectivity index (χ0v) is 20.4. The van der Waals surface area contributed by atoms with Crippen molar-refractivity contribution in [2.45, 2.75) is 33.7 Å². The number of thiocarbonyl (C=S) groups is 1. The molecule has 0 aliphatic carbocycles. The summed E-state index contributed by atoms with van der Waals surface area (Å²) < 4.78 is 5.52. The minimum atomic E-state index is -0.441. The normalized spacial score (nSPS) is 15.9. The maximum absolute atomic E-state index is 12.9. The van der Waals surface area contributed by atoms with E-state index in [0.29, 0.717) is 28.7 Å². The lowest BCUT2D eigenvalue weighted by atomic mass is 9.95. The molecule has 0 bridgehead atoms. The Balaban J connectivity index is 1.75. The van der Waals surface area contributed by atoms with E-state index in [1.54, 1.807) is 17.0 Å². The molecule has 2 amide bonds. The summed E-state index contributed by atoms with van der Waals surface area (Å²) in [6.07, 6.45) is 0. The van der Waals surface area contributed by atoms with Crippen molar-refractivity contribution in [3.63, 3.8) is 0 Å². The number of ether oxygens (including phenoxy) is 1. The van der Waals surface area contributed by atoms with E-state index in [2.05, 4.69) is 16.0 Å². The highest BCUT2D eigenvalue weighted by atomic mass is 32.1. The topological polar surface area (TPSA) is 82.7 Å². The molecule has 1 aliphatic rings. The van der Waals surface area contributed by atoms with Crippen LogP contribution in [0.1, 0.15) is 37.9 Å². The maximum Gasteiger partial charge on any atom is 0.338 e. The molecular formula is C25H30N4O3S. The molecule has 0 aromatic heterocycles. The highest BCUT2D eigenvalue weighted by molar-refractivity contribution is 7.80. The molecule has 3 N–H and O–H groups in total. The number of aryl methyl sites for hydroxylation is 1. The molecule has 0 spiro atoms. The number of hydrogen-bond donors (Lipinski definition) is 3. The van der Waals surface area contributed by atoms with Crippen molar-refractivity contribution < 1.29 is 14.3 Å². The molecule has 2 aromatic rings. The van der Waals surface area contributed by atoms with E-state index in [4.69, 9.17) is 17.0 Å². The SMILES string of the molecule is CC1=C(C(=O)OCC(C)C)C(c2ccc(NC(=O)Nc3ccc(C)cc3)cc2)NC(=S)N1C. The molecule has 8 heteroatoms. The fourth-order valence-electron chi connectivity index (χ4n) is 3.36. The van der Waals surface area contributed by atoms with Gasteiger partial charge in [-0.2, -0.15) is 0 Å². The van der Waals surface area contributed by atoms with Crippen molar-refractivity contribution in [1.29, 1.82) is 0 Å². The van der Waals surface area contributed by atoms with Crippen molar-refractivity contribution in [3.05, 3.63) is 70.9 Å². The van der Waals surface area contributed by atoms with Crippen molar-refractivity contribution in [2.75, 3.05) is 24.3 Å². The van der Waals surface area contributed by atoms with Gasteiger partial charge in [0.25, 0.3) is 0 Å². The molecule has 1 atom stereocenters. The molecule has 0 fully saturated rings. The number of urea groups is 1. The third-order valence-electron chi connectivity index (χ3n) is 5.33. The minimum absolute atomic E-state index is 0.236. The Morgan fingerprint density at radius 1 is 1.03 bits per heavy atom. The van der Waals surface area contributed by atoms with Crippen molar-refractivity contribution >= 4 is 40.7 Å². The second kappa shape index (κ2) is 10.5. The van der Waals surface area contributed by atoms with E-state index >= 15 is 0 Å². The van der Waals surface area contributed by atoms with Crippen molar-refractivity contribution in [2.24, 2.45) is 5.92 Å². The first kappa shape index (κ1) is 24.3. The van der Waals surface area contributed by atoms with E-state index in [-0.39, 0.29) is 17.9 Å². The van der Waals surface area contributed by atoms with Crippen molar-refractivity contribution in [3.8, 4) is 0 Å². The second-order valence-corrected chi connectivity index (χ2v) is 8.89. The number of nitrogens with one attached hydrogen (secondary N) is 3. The number of rotatable bonds is 6. The van der Waals surface area contributed by atoms with Crippen LogP contribution in [0.2, 0.25) is 0 Å². The molecule has 0 saturated carbocycles. The molecule has 1 unspecified atom stereocenters. The summed E-state index contributed by atoms with van der Waals surface area (Å²) in [5.74, 6) is -0.132. The van der Waals surface area contributed by atoms with Gasteiger partial charge in [-0.1, -0.05) is 43.7 Å². The number of esters is 1. The summed E-state index contributed by atoms with van der Waals surface area (Å²) >= 11 is 5.44. The largest absolute Gasteiger partial charge is 0.462 e. The Morgan fingerprint density at radius 3 is 2.12 bits per heavy atom. The van der Waals surface area contributed by atoms with Crippen LogP contribution in [0.25, 0.3) is 0 Å². The summed E-state index contributed by atoms with van der Waals surface area (Å²) in [4.78, 5) is 27.0. The predicted octanol–water partition coefficient (Wildman–Crippen LogP) is 4.97. The Bertz CT molecular complexity index is 1060. The average molecular weight is 467 g/mol. The molecule has 174 valence electrons. The molecule has 0 radical (unpaired) electrons. The Hall–Kier alpha value is -3.39. The molecule has 33 heavy (non-hydrogen) atoms. The van der Waals surface area contributed by atoms with E-state index in [0.717, 1.165) is 16.8 Å². The van der Waals surface area contributed by atoms with Gasteiger partial charge in [-0.3, -0.25) is 0 Å². The first-order valence-electron chi connectivity index (χ1n) is 10.8. The van der Waals surface area contributed by atoms with Crippen LogP contribution in [0.15, 0.2) is 59.8 Å². The van der Waals surface area contributed by atoms with Gasteiger partial charge in [-0.15, -0.1) is 0 Å². The lowest BCUT2D eigenvalue weighted by Crippen LogP contribution is -2.46. The van der Waals surface area contributed by atoms with Gasteiger partial charge >= 0.3 is 12.0 Å². The predicted molar refractivity (Wildman–Crippen MR) is 135 cm³/mol. The Kier molecular flexibility index (Phi) is 7.71. The van der Waals surface area contributed by atoms with Crippen LogP contribution in [0.5, 0.6) is 0 Å². The van der Waals surface area contributed by atoms with Gasteiger partial charge < -0.3 is 25.6 Å². The van der Waals surface area contributed by atoms with Gasteiger partial charge in [0.1, 0.15) is 0 Å². The van der Waals surface area contributed by atoms with Crippen LogP contribution in [0.4, 0.5) is 16.2 Å². The van der Waals surface area contributed by atoms with Gasteiger partial charge in [0.15, 0.2) is 5.11 Å². The number of allylic oxidation sites excluding steroid dienone is 1. The van der Waals surface area contributed by atoms with Crippen LogP contribution in [0, 0.1) is 12.8 Å². The quantitative estimate of drug-likeness (QED) is 0.412. The van der Waals surface area contributed by atoms with Gasteiger partial charge in [-0.25, -0.2) is 9.59 Å². The van der Waals surface area contributed by atoms with Crippen LogP contribution in [-0.2, 0) is 9.53 Å². The van der Waals surface area contributed by atoms with E-state index in [9.17, 15) is 9.59 Å². The van der Waals surface area contributed by atoms with Gasteiger partial charge in [0.05, 0.1) is 18.2 Å². The molecule has 3 rings (SSSR count). The smallest absolute Gasteiger partial charge is 0.338 e. The number of carbonyl (C=O) groups excluding carboxylic acids is 2. The third-order valence-corrected chi connectivity index (χ3v) is 5.72. The second-order valence-electron chi connectivity index (χ2n) is 8.50. The first-order valence-corrected chi connectivity index (χ1v) is 11.2. The van der Waals surface area contributed by atoms with Crippen LogP contribution in [0.3, 0.4) is 0 Å². The number of amides is 2. The molecule has 2 aromatic carbocycles. The fourth-order valence-corrected chi connectivity index (χ4v) is 3.61. The maximum atomic E-state index is 12.9. The van der Waals surface area contributed by atoms with Crippen molar-refractivity contribution in [1.82, 2.24) is 10.2 Å². The number of benzene rings is 2. The number of carbonyl (C=O) groups is 2. The average Bonchev–Trinajstić information content (AvgIpc) is 2.77. The summed E-state index contributed by atoms with van der Waals surface area (Å²) in [6, 6.07) is 14.1. The number of anilines is 2. The van der Waals surface area contributed by atoms with E-state index in [1.165, 1.54) is 0 Å². The minimum Gasteiger partial charge on any atom is -0.462 e. The highest BCUT2D eigenvalue weighted by Crippen LogP contribution is 2.31. The lowest BCUT2D eigenvalue weighted by Gasteiger charge is -2.35. The summed E-state index contributed by atoms with van der Waals surface area (Å²) in [5, 5.41) is 9.38. The summed E-state index contributed by atoms with van der Waals surface area (Å²) in [7, 11) is 1.82. The van der Waals surface area contributed by atoms with E-state index in [1.807, 2.05) is 71.1 Å². The zero-order valence-electron chi connectivity index (χ0n) is 19.6. The lowest BCUT2D eigenvalue weighted by molar-refractivity contribution is -0.140. The fraction of sp³-hybridized carbons (Fsp3) is 0.320. The standard InChI is InChI=1S/C25H30N4O3S/c1-15(2)14-32-23(30)21-17(4)29(5)25(33)28-22(21)18-8-12-20(13-9-18)27-24(31)26-19-10-6-16(3)7-11-19/h6-13,15,22H,14H2,1-5H3,(H,28,33)(H2,26,27,31). The van der Waals surface area contributed by atoms with E-state index < -0.39 is 6.04 Å². The monoisotopic (exact) mass is 466 g/mol. The summed E-state index contributed by atoms with van der Waals surface area (Å²) in [5.41, 5.74) is 4.57. The Morgan fingerprint density at radius 2 is 1.58 bits per heavy atom. The molecule has 1 heterocycles. The molecule has 1 aliphatic heterocycles. The molecular weight excluding hydrogens is 436 g/mol. The molecule has 0 saturated heterocycles. The van der Waals surface area contributed by atoms with Gasteiger partial charge in [-0.05, 0) is 61.8 Å². The van der Waals surface area contributed by atoms with Crippen LogP contribution in [-0.4, -0.2) is 35.7 Å². The first-order chi connectivity index (χ1) is 15.7. The molecule has 7 nitrogen and oxygen atoms in total. The Labute approximate surface area is 200 Å².